The average Bonchev–Trinajstić information content (AvgIpc) is 3.53. The summed E-state index contributed by atoms with van der Waals surface area (Å²) in [6.07, 6.45) is -0.372. The molecular weight excluding hydrogens is 708 g/mol. The van der Waals surface area contributed by atoms with E-state index in [1.807, 2.05) is 24.3 Å². The first-order valence-electron chi connectivity index (χ1n) is 15.7. The fourth-order valence-corrected chi connectivity index (χ4v) is 5.86. The van der Waals surface area contributed by atoms with Gasteiger partial charge >= 0.3 is 0 Å². The number of nitrogens with one attached hydrogen (secondary N) is 2. The summed E-state index contributed by atoms with van der Waals surface area (Å²) in [6, 6.07) is 25.1. The van der Waals surface area contributed by atoms with Gasteiger partial charge in [-0.1, -0.05) is 57.4 Å². The van der Waals surface area contributed by atoms with Crippen molar-refractivity contribution in [2.75, 3.05) is 34.5 Å². The number of benzene rings is 4. The number of aliphatic hydroxyl groups is 1. The molecule has 14 heteroatoms. The van der Waals surface area contributed by atoms with Gasteiger partial charge in [0.25, 0.3) is 5.91 Å². The highest BCUT2D eigenvalue weighted by Gasteiger charge is 2.54. The highest BCUT2D eigenvalue weighted by molar-refractivity contribution is 9.10. The van der Waals surface area contributed by atoms with E-state index in [4.69, 9.17) is 33.8 Å². The van der Waals surface area contributed by atoms with Gasteiger partial charge in [-0.2, -0.15) is 0 Å². The monoisotopic (exact) mass is 744 g/mol. The summed E-state index contributed by atoms with van der Waals surface area (Å²) in [5, 5.41) is 13.0. The lowest BCUT2D eigenvalue weighted by Crippen LogP contribution is -2.53. The maximum atomic E-state index is 14.7. The second-order valence-electron chi connectivity index (χ2n) is 11.2. The zero-order valence-corrected chi connectivity index (χ0v) is 29.3. The van der Waals surface area contributed by atoms with Gasteiger partial charge in [0.1, 0.15) is 23.0 Å². The van der Waals surface area contributed by atoms with E-state index in [1.54, 1.807) is 67.8 Å². The maximum Gasteiger partial charge on any atom is 0.266 e. The number of carbonyl (C=O) groups is 1. The van der Waals surface area contributed by atoms with Crippen LogP contribution < -0.4 is 29.8 Å². The zero-order chi connectivity index (χ0) is 35.5. The van der Waals surface area contributed by atoms with Gasteiger partial charge < -0.3 is 28.8 Å². The molecule has 0 saturated heterocycles. The van der Waals surface area contributed by atoms with Gasteiger partial charge in [0.15, 0.2) is 11.6 Å². The van der Waals surface area contributed by atoms with E-state index < -0.39 is 17.6 Å². The smallest absolute Gasteiger partial charge is 0.266 e. The quantitative estimate of drug-likeness (QED) is 0.0384. The normalized spacial score (nSPS) is 16.4. The van der Waals surface area contributed by atoms with Crippen molar-refractivity contribution in [3.8, 4) is 23.0 Å². The largest absolute Gasteiger partial charge is 0.496 e. The minimum Gasteiger partial charge on any atom is -0.496 e. The molecule has 4 aromatic rings. The van der Waals surface area contributed by atoms with Gasteiger partial charge in [-0.3, -0.25) is 10.2 Å². The van der Waals surface area contributed by atoms with E-state index in [0.717, 1.165) is 10.0 Å². The molecule has 0 saturated carbocycles. The van der Waals surface area contributed by atoms with Crippen molar-refractivity contribution in [1.29, 1.82) is 0 Å². The molecule has 1 aliphatic heterocycles. The molecule has 50 heavy (non-hydrogen) atoms. The molecule has 0 bridgehead atoms. The van der Waals surface area contributed by atoms with E-state index in [0.29, 0.717) is 58.4 Å². The van der Waals surface area contributed by atoms with E-state index in [2.05, 4.69) is 36.8 Å². The van der Waals surface area contributed by atoms with Crippen LogP contribution in [0, 0.1) is 0 Å². The number of carbonyl (C=O) groups excluding carboxylic acids is 1. The van der Waals surface area contributed by atoms with Crippen molar-refractivity contribution in [1.82, 2.24) is 10.9 Å². The van der Waals surface area contributed by atoms with Crippen LogP contribution in [0.1, 0.15) is 34.8 Å². The number of aliphatic hydroxyl groups excluding tert-OH is 1. The Morgan fingerprint density at radius 2 is 1.70 bits per heavy atom. The summed E-state index contributed by atoms with van der Waals surface area (Å²) >= 11 is 3.49. The van der Waals surface area contributed by atoms with Crippen LogP contribution in [0.4, 0.5) is 5.69 Å². The first-order valence-corrected chi connectivity index (χ1v) is 16.5. The molecule has 0 spiro atoms. The number of halogens is 1. The Hall–Kier alpha value is -5.27. The number of nitrogens with zero attached hydrogens (tertiary/aromatic N) is 4. The number of hydrogen-bond acceptors (Lipinski definition) is 10. The predicted molar refractivity (Wildman–Crippen MR) is 191 cm³/mol. The molecule has 260 valence electrons. The topological polar surface area (TPSA) is 169 Å². The van der Waals surface area contributed by atoms with Crippen LogP contribution in [0.3, 0.4) is 0 Å². The second kappa shape index (κ2) is 16.9. The minimum atomic E-state index is -1.58. The summed E-state index contributed by atoms with van der Waals surface area (Å²) in [4.78, 5) is 22.7. The van der Waals surface area contributed by atoms with Crippen LogP contribution in [0.15, 0.2) is 99.5 Å². The van der Waals surface area contributed by atoms with E-state index in [1.165, 1.54) is 14.2 Å². The van der Waals surface area contributed by atoms with Crippen molar-refractivity contribution in [3.05, 3.63) is 122 Å². The van der Waals surface area contributed by atoms with Crippen molar-refractivity contribution in [2.45, 2.75) is 31.0 Å². The zero-order valence-electron chi connectivity index (χ0n) is 27.8. The maximum absolute atomic E-state index is 14.7. The molecule has 0 aliphatic carbocycles. The molecule has 0 aromatic heterocycles. The van der Waals surface area contributed by atoms with Crippen molar-refractivity contribution < 1.29 is 33.6 Å². The highest BCUT2D eigenvalue weighted by atomic mass is 79.9. The molecule has 0 unspecified atom stereocenters. The molecule has 1 heterocycles. The summed E-state index contributed by atoms with van der Waals surface area (Å²) in [5.41, 5.74) is 16.6. The number of amides is 1. The lowest BCUT2D eigenvalue weighted by molar-refractivity contribution is -0.130. The third-order valence-corrected chi connectivity index (χ3v) is 8.60. The van der Waals surface area contributed by atoms with Gasteiger partial charge in [-0.15, -0.1) is 0 Å². The molecule has 5 rings (SSSR count). The second-order valence-corrected chi connectivity index (χ2v) is 12.1. The lowest BCUT2D eigenvalue weighted by atomic mass is 9.81. The van der Waals surface area contributed by atoms with Crippen molar-refractivity contribution >= 4 is 33.4 Å². The van der Waals surface area contributed by atoms with Gasteiger partial charge in [-0.05, 0) is 47.5 Å². The predicted octanol–water partition coefficient (Wildman–Crippen LogP) is 6.50. The van der Waals surface area contributed by atoms with Crippen LogP contribution in [0.25, 0.3) is 10.4 Å². The first kappa shape index (κ1) is 36.0. The molecular formula is C36H37BrN6O7. The number of ether oxygens (including phenoxy) is 5. The average molecular weight is 746 g/mol. The van der Waals surface area contributed by atoms with Gasteiger partial charge in [0.2, 0.25) is 5.90 Å². The lowest BCUT2D eigenvalue weighted by Gasteiger charge is -2.31. The fraction of sp³-hybridized carbons (Fsp3) is 0.278. The van der Waals surface area contributed by atoms with Crippen LogP contribution in [0.5, 0.6) is 23.0 Å². The van der Waals surface area contributed by atoms with Crippen molar-refractivity contribution in [3.63, 3.8) is 0 Å². The number of rotatable bonds is 16. The van der Waals surface area contributed by atoms with E-state index in [9.17, 15) is 10.3 Å². The Bertz CT molecular complexity index is 1840. The Kier molecular flexibility index (Phi) is 12.2. The number of aliphatic imine (C=N–C) groups is 1. The molecule has 0 fully saturated rings. The summed E-state index contributed by atoms with van der Waals surface area (Å²) in [6.45, 7) is 0.523. The van der Waals surface area contributed by atoms with E-state index >= 15 is 0 Å². The third-order valence-electron chi connectivity index (χ3n) is 8.07. The highest BCUT2D eigenvalue weighted by Crippen LogP contribution is 2.45. The van der Waals surface area contributed by atoms with Gasteiger partial charge in [-0.25, -0.2) is 10.4 Å². The number of azide groups is 1. The number of methoxy groups -OCH3 is 3. The molecule has 4 aromatic carbocycles. The van der Waals surface area contributed by atoms with E-state index in [-0.39, 0.29) is 25.5 Å². The van der Waals surface area contributed by atoms with Gasteiger partial charge in [0, 0.05) is 64.3 Å². The molecule has 0 radical (unpaired) electrons. The Balaban J connectivity index is 1.56. The summed E-state index contributed by atoms with van der Waals surface area (Å²) in [7, 11) is 4.62. The van der Waals surface area contributed by atoms with Crippen molar-refractivity contribution in [2.24, 2.45) is 10.1 Å². The summed E-state index contributed by atoms with van der Waals surface area (Å²) < 4.78 is 29.7. The molecule has 1 amide bonds. The Labute approximate surface area is 297 Å². The Morgan fingerprint density at radius 3 is 2.34 bits per heavy atom. The van der Waals surface area contributed by atoms with Crippen LogP contribution >= 0.6 is 15.9 Å². The van der Waals surface area contributed by atoms with Crippen LogP contribution in [0.2, 0.25) is 0 Å². The SMILES string of the molecule is COc1cc(OC)c(CNNC(=O)[C@@]2(Cc3ccc(Br)cc3)N=C(c3ccc(OCCCO)cc3)O[C@H]2c2ccccc2N=[N+]=[N-])c(OC)c1. The number of hydrogen-bond donors (Lipinski definition) is 3. The van der Waals surface area contributed by atoms with Crippen LogP contribution in [-0.2, 0) is 22.5 Å². The standard InChI is InChI=1S/C36H37BrN6O7/c1-46-27-19-31(47-2)29(32(20-27)48-3)22-39-42-35(45)36(21-23-9-13-25(37)14-10-23)33(28-7-4-5-8-30(28)41-43-38)50-34(40-36)24-11-15-26(16-12-24)49-18-6-17-44/h4-5,7-16,19-20,33,39,44H,6,17-18,21-22H2,1-3H3,(H,42,45)/t33-,36-/m0/s1. The molecule has 3 N–H and O–H groups in total. The molecule has 13 nitrogen and oxygen atoms in total. The third kappa shape index (κ3) is 8.12. The molecule has 1 aliphatic rings. The first-order chi connectivity index (χ1) is 24.3. The van der Waals surface area contributed by atoms with Crippen LogP contribution in [-0.4, -0.2) is 57.0 Å². The van der Waals surface area contributed by atoms with Gasteiger partial charge in [0.05, 0.1) is 33.5 Å². The minimum absolute atomic E-state index is 0.0278. The Morgan fingerprint density at radius 1 is 1.00 bits per heavy atom. The molecule has 2 atom stereocenters. The number of hydrazine groups is 1. The summed E-state index contributed by atoms with van der Waals surface area (Å²) in [5.74, 6) is 1.89. The fourth-order valence-electron chi connectivity index (χ4n) is 5.59.